The first-order chi connectivity index (χ1) is 11.3. The molecule has 0 aliphatic carbocycles. The highest BCUT2D eigenvalue weighted by atomic mass is 35.5. The Balaban J connectivity index is 2.07. The smallest absolute Gasteiger partial charge is 0.317 e. The van der Waals surface area contributed by atoms with Crippen LogP contribution in [0.3, 0.4) is 0 Å². The van der Waals surface area contributed by atoms with Crippen LogP contribution in [-0.4, -0.2) is 59.5 Å². The number of benzene rings is 1. The molecule has 1 aromatic carbocycles. The van der Waals surface area contributed by atoms with Crippen LogP contribution in [0.4, 0.5) is 8.78 Å². The Morgan fingerprint density at radius 3 is 2.62 bits per heavy atom. The van der Waals surface area contributed by atoms with Gasteiger partial charge in [0.15, 0.2) is 11.6 Å². The molecule has 0 spiro atoms. The molecule has 8 heteroatoms. The lowest BCUT2D eigenvalue weighted by Gasteiger charge is -2.25. The number of likely N-dealkylation sites (tertiary alicyclic amines) is 1. The van der Waals surface area contributed by atoms with E-state index in [0.717, 1.165) is 18.6 Å². The van der Waals surface area contributed by atoms with Crippen LogP contribution in [0.2, 0.25) is 5.02 Å². The van der Waals surface area contributed by atoms with E-state index in [0.29, 0.717) is 25.9 Å². The van der Waals surface area contributed by atoms with E-state index in [1.54, 1.807) is 16.8 Å². The van der Waals surface area contributed by atoms with E-state index in [4.69, 9.17) is 16.7 Å². The number of rotatable bonds is 4. The predicted octanol–water partition coefficient (Wildman–Crippen LogP) is 2.63. The SMILES string of the molecule is CN(CC(=O)O)C1CCCN(C(=O)c2cc(F)c(F)cc2Cl)CC1. The summed E-state index contributed by atoms with van der Waals surface area (Å²) in [5.74, 6) is -3.55. The molecular weight excluding hydrogens is 342 g/mol. The molecule has 1 aromatic rings. The van der Waals surface area contributed by atoms with Crippen LogP contribution in [-0.2, 0) is 4.79 Å². The van der Waals surface area contributed by atoms with Gasteiger partial charge in [0.1, 0.15) is 0 Å². The quantitative estimate of drug-likeness (QED) is 0.838. The van der Waals surface area contributed by atoms with Crippen LogP contribution in [0.15, 0.2) is 12.1 Å². The van der Waals surface area contributed by atoms with E-state index in [9.17, 15) is 18.4 Å². The van der Waals surface area contributed by atoms with Crippen molar-refractivity contribution in [2.24, 2.45) is 0 Å². The largest absolute Gasteiger partial charge is 0.480 e. The van der Waals surface area contributed by atoms with Crippen molar-refractivity contribution in [3.63, 3.8) is 0 Å². The lowest BCUT2D eigenvalue weighted by atomic mass is 10.1. The van der Waals surface area contributed by atoms with Crippen molar-refractivity contribution in [3.05, 3.63) is 34.4 Å². The Morgan fingerprint density at radius 1 is 1.29 bits per heavy atom. The molecule has 0 aromatic heterocycles. The number of halogens is 3. The Bertz CT molecular complexity index is 642. The molecule has 1 aliphatic heterocycles. The molecule has 1 unspecified atom stereocenters. The fourth-order valence-corrected chi connectivity index (χ4v) is 3.15. The molecule has 1 atom stereocenters. The summed E-state index contributed by atoms with van der Waals surface area (Å²) in [6.07, 6.45) is 2.07. The fraction of sp³-hybridized carbons (Fsp3) is 0.500. The molecule has 1 amide bonds. The van der Waals surface area contributed by atoms with Gasteiger partial charge in [-0.1, -0.05) is 11.6 Å². The topological polar surface area (TPSA) is 60.9 Å². The first-order valence-corrected chi connectivity index (χ1v) is 8.03. The van der Waals surface area contributed by atoms with Gasteiger partial charge in [0.2, 0.25) is 0 Å². The minimum Gasteiger partial charge on any atom is -0.480 e. The van der Waals surface area contributed by atoms with Crippen molar-refractivity contribution >= 4 is 23.5 Å². The van der Waals surface area contributed by atoms with Crippen molar-refractivity contribution in [2.45, 2.75) is 25.3 Å². The zero-order valence-electron chi connectivity index (χ0n) is 13.3. The molecule has 132 valence electrons. The maximum absolute atomic E-state index is 13.4. The normalized spacial score (nSPS) is 18.5. The van der Waals surface area contributed by atoms with Crippen molar-refractivity contribution in [1.82, 2.24) is 9.80 Å². The Labute approximate surface area is 143 Å². The minimum absolute atomic E-state index is 0.0549. The highest BCUT2D eigenvalue weighted by molar-refractivity contribution is 6.33. The number of amides is 1. The molecular formula is C16H19ClF2N2O3. The minimum atomic E-state index is -1.11. The third-order valence-corrected chi connectivity index (χ3v) is 4.55. The van der Waals surface area contributed by atoms with E-state index < -0.39 is 23.5 Å². The molecule has 5 nitrogen and oxygen atoms in total. The number of carboxylic acid groups (broad SMARTS) is 1. The predicted molar refractivity (Wildman–Crippen MR) is 85.2 cm³/mol. The van der Waals surface area contributed by atoms with E-state index in [2.05, 4.69) is 0 Å². The van der Waals surface area contributed by atoms with Crippen LogP contribution in [0, 0.1) is 11.6 Å². The van der Waals surface area contributed by atoms with Gasteiger partial charge in [-0.25, -0.2) is 8.78 Å². The fourth-order valence-electron chi connectivity index (χ4n) is 2.92. The molecule has 0 saturated carbocycles. The molecule has 0 bridgehead atoms. The Morgan fingerprint density at radius 2 is 1.96 bits per heavy atom. The molecule has 1 aliphatic rings. The number of aliphatic carboxylic acids is 1. The van der Waals surface area contributed by atoms with Crippen LogP contribution < -0.4 is 0 Å². The van der Waals surface area contributed by atoms with Gasteiger partial charge in [0, 0.05) is 19.1 Å². The number of carbonyl (C=O) groups excluding carboxylic acids is 1. The second kappa shape index (κ2) is 7.90. The lowest BCUT2D eigenvalue weighted by Crippen LogP contribution is -2.37. The maximum Gasteiger partial charge on any atom is 0.317 e. The van der Waals surface area contributed by atoms with Gasteiger partial charge in [-0.2, -0.15) is 0 Å². The van der Waals surface area contributed by atoms with E-state index >= 15 is 0 Å². The summed E-state index contributed by atoms with van der Waals surface area (Å²) in [5, 5.41) is 8.74. The number of hydrogen-bond acceptors (Lipinski definition) is 3. The number of likely N-dealkylation sites (N-methyl/N-ethyl adjacent to an activating group) is 1. The molecule has 1 saturated heterocycles. The van der Waals surface area contributed by atoms with E-state index in [-0.39, 0.29) is 23.2 Å². The third kappa shape index (κ3) is 4.42. The van der Waals surface area contributed by atoms with Gasteiger partial charge in [0.25, 0.3) is 5.91 Å². The summed E-state index contributed by atoms with van der Waals surface area (Å²) in [6.45, 7) is 0.808. The van der Waals surface area contributed by atoms with Gasteiger partial charge >= 0.3 is 5.97 Å². The van der Waals surface area contributed by atoms with Gasteiger partial charge in [0.05, 0.1) is 17.1 Å². The average Bonchev–Trinajstić information content (AvgIpc) is 2.75. The van der Waals surface area contributed by atoms with Crippen molar-refractivity contribution < 1.29 is 23.5 Å². The second-order valence-electron chi connectivity index (χ2n) is 5.93. The maximum atomic E-state index is 13.4. The van der Waals surface area contributed by atoms with Gasteiger partial charge in [-0.3, -0.25) is 14.5 Å². The van der Waals surface area contributed by atoms with Crippen molar-refractivity contribution in [2.75, 3.05) is 26.7 Å². The van der Waals surface area contributed by atoms with Crippen molar-refractivity contribution in [3.8, 4) is 0 Å². The molecule has 0 radical (unpaired) electrons. The third-order valence-electron chi connectivity index (χ3n) is 4.23. The number of carbonyl (C=O) groups is 2. The first-order valence-electron chi connectivity index (χ1n) is 7.65. The summed E-state index contributed by atoms with van der Waals surface area (Å²) < 4.78 is 26.5. The van der Waals surface area contributed by atoms with Gasteiger partial charge in [-0.15, -0.1) is 0 Å². The molecule has 1 heterocycles. The van der Waals surface area contributed by atoms with Gasteiger partial charge < -0.3 is 10.0 Å². The zero-order chi connectivity index (χ0) is 17.9. The van der Waals surface area contributed by atoms with Crippen LogP contribution in [0.1, 0.15) is 29.6 Å². The standard InChI is InChI=1S/C16H19ClF2N2O3/c1-20(9-15(22)23)10-3-2-5-21(6-4-10)16(24)11-7-13(18)14(19)8-12(11)17/h7-8,10H,2-6,9H2,1H3,(H,22,23). The average molecular weight is 361 g/mol. The highest BCUT2D eigenvalue weighted by Crippen LogP contribution is 2.23. The van der Waals surface area contributed by atoms with E-state index in [1.165, 1.54) is 0 Å². The zero-order valence-corrected chi connectivity index (χ0v) is 14.0. The summed E-state index contributed by atoms with van der Waals surface area (Å²) in [7, 11) is 1.74. The lowest BCUT2D eigenvalue weighted by molar-refractivity contribution is -0.138. The summed E-state index contributed by atoms with van der Waals surface area (Å²) in [5.41, 5.74) is -0.0621. The van der Waals surface area contributed by atoms with E-state index in [1.807, 2.05) is 0 Å². The Hall–Kier alpha value is -1.73. The Kier molecular flexibility index (Phi) is 6.12. The highest BCUT2D eigenvalue weighted by Gasteiger charge is 2.26. The number of carboxylic acids is 1. The first kappa shape index (κ1) is 18.6. The monoisotopic (exact) mass is 360 g/mol. The summed E-state index contributed by atoms with van der Waals surface area (Å²) in [4.78, 5) is 26.6. The van der Waals surface area contributed by atoms with Gasteiger partial charge in [-0.05, 0) is 38.4 Å². The second-order valence-corrected chi connectivity index (χ2v) is 6.34. The number of hydrogen-bond donors (Lipinski definition) is 1. The summed E-state index contributed by atoms with van der Waals surface area (Å²) >= 11 is 5.87. The van der Waals surface area contributed by atoms with Crippen LogP contribution in [0.5, 0.6) is 0 Å². The number of nitrogens with zero attached hydrogens (tertiary/aromatic N) is 2. The van der Waals surface area contributed by atoms with Crippen molar-refractivity contribution in [1.29, 1.82) is 0 Å². The molecule has 2 rings (SSSR count). The molecule has 1 fully saturated rings. The summed E-state index contributed by atoms with van der Waals surface area (Å²) in [6, 6.07) is 1.67. The molecule has 1 N–H and O–H groups in total. The molecule has 24 heavy (non-hydrogen) atoms. The van der Waals surface area contributed by atoms with Crippen LogP contribution >= 0.6 is 11.6 Å². The van der Waals surface area contributed by atoms with Crippen LogP contribution in [0.25, 0.3) is 0 Å².